The molecule has 1 unspecified atom stereocenters. The molecule has 1 heterocycles. The Kier molecular flexibility index (Phi) is 5.66. The monoisotopic (exact) mass is 410 g/mol. The fourth-order valence-electron chi connectivity index (χ4n) is 4.87. The van der Waals surface area contributed by atoms with Crippen LogP contribution in [0.2, 0.25) is 0 Å². The van der Waals surface area contributed by atoms with Crippen molar-refractivity contribution < 1.29 is 0 Å². The van der Waals surface area contributed by atoms with Crippen molar-refractivity contribution in [2.45, 2.75) is 52.5 Å². The quantitative estimate of drug-likeness (QED) is 0.468. The van der Waals surface area contributed by atoms with Gasteiger partial charge in [-0.2, -0.15) is 0 Å². The van der Waals surface area contributed by atoms with Crippen LogP contribution in [0.5, 0.6) is 0 Å². The highest BCUT2D eigenvalue weighted by atomic mass is 15.5. The first-order valence-corrected chi connectivity index (χ1v) is 11.2. The zero-order chi connectivity index (χ0) is 22.1. The second-order valence-corrected chi connectivity index (χ2v) is 10.5. The minimum atomic E-state index is 0.149. The van der Waals surface area contributed by atoms with Crippen LogP contribution in [0.4, 0.5) is 5.69 Å². The molecular weight excluding hydrogens is 376 g/mol. The van der Waals surface area contributed by atoms with Crippen LogP contribution in [0.15, 0.2) is 91.0 Å². The van der Waals surface area contributed by atoms with Crippen LogP contribution in [-0.4, -0.2) is 0 Å². The van der Waals surface area contributed by atoms with E-state index in [2.05, 4.69) is 136 Å². The van der Waals surface area contributed by atoms with Crippen molar-refractivity contribution in [3.8, 4) is 0 Å². The van der Waals surface area contributed by atoms with Crippen molar-refractivity contribution in [3.63, 3.8) is 0 Å². The van der Waals surface area contributed by atoms with Gasteiger partial charge in [0.15, 0.2) is 0 Å². The lowest BCUT2D eigenvalue weighted by molar-refractivity contribution is 0.284. The molecule has 3 aromatic carbocycles. The summed E-state index contributed by atoms with van der Waals surface area (Å²) >= 11 is 0. The molecule has 160 valence electrons. The molecule has 0 radical (unpaired) electrons. The molecule has 0 spiro atoms. The van der Waals surface area contributed by atoms with E-state index >= 15 is 0 Å². The van der Waals surface area contributed by atoms with E-state index in [0.29, 0.717) is 5.41 Å². The van der Waals surface area contributed by atoms with Gasteiger partial charge < -0.3 is 0 Å². The van der Waals surface area contributed by atoms with Gasteiger partial charge in [-0.3, -0.25) is 10.4 Å². The number of anilines is 1. The van der Waals surface area contributed by atoms with Gasteiger partial charge in [0.05, 0.1) is 17.4 Å². The first kappa shape index (κ1) is 21.2. The summed E-state index contributed by atoms with van der Waals surface area (Å²) in [5.74, 6) is 0. The summed E-state index contributed by atoms with van der Waals surface area (Å²) in [7, 11) is 0. The van der Waals surface area contributed by atoms with Gasteiger partial charge in [0.2, 0.25) is 0 Å². The van der Waals surface area contributed by atoms with Crippen LogP contribution < -0.4 is 10.4 Å². The fraction of sp³-hybridized carbons (Fsp3) is 0.310. The number of hydrogen-bond acceptors (Lipinski definition) is 2. The number of para-hydroxylation sites is 1. The minimum Gasteiger partial charge on any atom is -0.297 e. The third-order valence-corrected chi connectivity index (χ3v) is 5.97. The molecule has 1 aliphatic rings. The average molecular weight is 411 g/mol. The Bertz CT molecular complexity index is 1030. The SMILES string of the molecule is CC(C)(C)CC(C)(C)c1ccc(C2=CC(c3ccccc3)N(c3ccccc3)N2)cc1. The highest BCUT2D eigenvalue weighted by Crippen LogP contribution is 2.38. The molecule has 1 aliphatic heterocycles. The Morgan fingerprint density at radius 1 is 0.742 bits per heavy atom. The van der Waals surface area contributed by atoms with E-state index in [1.165, 1.54) is 16.7 Å². The molecule has 0 fully saturated rings. The van der Waals surface area contributed by atoms with Crippen LogP contribution in [0.3, 0.4) is 0 Å². The molecule has 2 nitrogen and oxygen atoms in total. The highest BCUT2D eigenvalue weighted by Gasteiger charge is 2.29. The topological polar surface area (TPSA) is 15.3 Å². The molecular formula is C29H34N2. The molecule has 0 saturated heterocycles. The smallest absolute Gasteiger partial charge is 0.0958 e. The maximum atomic E-state index is 3.66. The van der Waals surface area contributed by atoms with Gasteiger partial charge in [-0.25, -0.2) is 0 Å². The van der Waals surface area contributed by atoms with Gasteiger partial charge in [-0.05, 0) is 52.1 Å². The first-order chi connectivity index (χ1) is 14.7. The van der Waals surface area contributed by atoms with Gasteiger partial charge in [-0.1, -0.05) is 107 Å². The molecule has 2 heteroatoms. The Morgan fingerprint density at radius 3 is 1.90 bits per heavy atom. The largest absolute Gasteiger partial charge is 0.297 e. The van der Waals surface area contributed by atoms with E-state index in [-0.39, 0.29) is 11.5 Å². The molecule has 0 saturated carbocycles. The lowest BCUT2D eigenvalue weighted by Gasteiger charge is -2.33. The summed E-state index contributed by atoms with van der Waals surface area (Å²) in [6.07, 6.45) is 3.48. The Labute approximate surface area is 187 Å². The van der Waals surface area contributed by atoms with Crippen LogP contribution in [0.1, 0.15) is 63.8 Å². The van der Waals surface area contributed by atoms with E-state index in [1.54, 1.807) is 0 Å². The second kappa shape index (κ2) is 8.26. The van der Waals surface area contributed by atoms with Crippen LogP contribution in [0, 0.1) is 5.41 Å². The molecule has 3 aromatic rings. The van der Waals surface area contributed by atoms with E-state index < -0.39 is 0 Å². The Hall–Kier alpha value is -3.00. The van der Waals surface area contributed by atoms with E-state index in [4.69, 9.17) is 0 Å². The van der Waals surface area contributed by atoms with Crippen LogP contribution >= 0.6 is 0 Å². The van der Waals surface area contributed by atoms with E-state index in [0.717, 1.165) is 17.8 Å². The fourth-order valence-corrected chi connectivity index (χ4v) is 4.87. The maximum Gasteiger partial charge on any atom is 0.0958 e. The molecule has 0 aliphatic carbocycles. The third-order valence-electron chi connectivity index (χ3n) is 5.97. The molecule has 0 amide bonds. The molecule has 0 aromatic heterocycles. The van der Waals surface area contributed by atoms with Gasteiger partial charge in [0.25, 0.3) is 0 Å². The zero-order valence-corrected chi connectivity index (χ0v) is 19.4. The minimum absolute atomic E-state index is 0.149. The highest BCUT2D eigenvalue weighted by molar-refractivity contribution is 5.72. The van der Waals surface area contributed by atoms with E-state index in [1.807, 2.05) is 0 Å². The summed E-state index contributed by atoms with van der Waals surface area (Å²) in [4.78, 5) is 0. The summed E-state index contributed by atoms with van der Waals surface area (Å²) in [6, 6.07) is 30.5. The van der Waals surface area contributed by atoms with Crippen molar-refractivity contribution >= 4 is 11.4 Å². The molecule has 4 rings (SSSR count). The van der Waals surface area contributed by atoms with Gasteiger partial charge in [-0.15, -0.1) is 0 Å². The Balaban J connectivity index is 1.63. The van der Waals surface area contributed by atoms with Crippen molar-refractivity contribution in [1.29, 1.82) is 0 Å². The van der Waals surface area contributed by atoms with Crippen LogP contribution in [-0.2, 0) is 5.41 Å². The van der Waals surface area contributed by atoms with Gasteiger partial charge in [0.1, 0.15) is 0 Å². The molecule has 0 bridgehead atoms. The number of benzene rings is 3. The Morgan fingerprint density at radius 2 is 1.32 bits per heavy atom. The number of hydrazine groups is 1. The lowest BCUT2D eigenvalue weighted by Crippen LogP contribution is -2.33. The molecule has 1 N–H and O–H groups in total. The third kappa shape index (κ3) is 4.85. The summed E-state index contributed by atoms with van der Waals surface area (Å²) in [6.45, 7) is 11.7. The maximum absolute atomic E-state index is 3.66. The average Bonchev–Trinajstić information content (AvgIpc) is 3.19. The summed E-state index contributed by atoms with van der Waals surface area (Å²) < 4.78 is 0. The normalized spacial score (nSPS) is 16.7. The zero-order valence-electron chi connectivity index (χ0n) is 19.4. The predicted molar refractivity (Wildman–Crippen MR) is 133 cm³/mol. The summed E-state index contributed by atoms with van der Waals surface area (Å²) in [5, 5.41) is 2.25. The van der Waals surface area contributed by atoms with Crippen molar-refractivity contribution in [2.75, 3.05) is 5.01 Å². The van der Waals surface area contributed by atoms with Crippen molar-refractivity contribution in [1.82, 2.24) is 5.43 Å². The number of rotatable bonds is 5. The summed E-state index contributed by atoms with van der Waals surface area (Å²) in [5.41, 5.74) is 10.3. The van der Waals surface area contributed by atoms with Gasteiger partial charge >= 0.3 is 0 Å². The van der Waals surface area contributed by atoms with Crippen molar-refractivity contribution in [2.24, 2.45) is 5.41 Å². The molecule has 31 heavy (non-hydrogen) atoms. The standard InChI is InChI=1S/C29H34N2/c1-28(2,3)21-29(4,5)24-18-16-22(17-19-24)26-20-27(23-12-8-6-9-13-23)31(30-26)25-14-10-7-11-15-25/h6-20,27,30H,21H2,1-5H3. The first-order valence-electron chi connectivity index (χ1n) is 11.2. The van der Waals surface area contributed by atoms with Crippen molar-refractivity contribution in [3.05, 3.63) is 108 Å². The number of hydrogen-bond donors (Lipinski definition) is 1. The predicted octanol–water partition coefficient (Wildman–Crippen LogP) is 7.51. The second-order valence-electron chi connectivity index (χ2n) is 10.5. The molecule has 1 atom stereocenters. The lowest BCUT2D eigenvalue weighted by atomic mass is 9.72. The number of nitrogens with zero attached hydrogens (tertiary/aromatic N) is 1. The number of nitrogens with one attached hydrogen (secondary N) is 1. The van der Waals surface area contributed by atoms with Gasteiger partial charge in [0, 0.05) is 0 Å². The van der Waals surface area contributed by atoms with E-state index in [9.17, 15) is 0 Å². The van der Waals surface area contributed by atoms with Crippen LogP contribution in [0.25, 0.3) is 5.70 Å².